The third-order valence-electron chi connectivity index (χ3n) is 4.39. The molecule has 0 fully saturated rings. The minimum Gasteiger partial charge on any atom is -0.466 e. The molecule has 0 bridgehead atoms. The van der Waals surface area contributed by atoms with Gasteiger partial charge in [-0.25, -0.2) is 0 Å². The molecule has 0 spiro atoms. The summed E-state index contributed by atoms with van der Waals surface area (Å²) < 4.78 is 17.2. The first-order valence-corrected chi connectivity index (χ1v) is 10.7. The Labute approximate surface area is 141 Å². The molecule has 0 unspecified atom stereocenters. The van der Waals surface area contributed by atoms with Gasteiger partial charge in [0.15, 0.2) is 0 Å². The summed E-state index contributed by atoms with van der Waals surface area (Å²) >= 11 is 0. The topological polar surface area (TPSA) is 83.8 Å². The lowest BCUT2D eigenvalue weighted by molar-refractivity contribution is -0.144. The lowest BCUT2D eigenvalue weighted by Crippen LogP contribution is -2.33. The normalized spacial score (nSPS) is 12.4. The van der Waals surface area contributed by atoms with Crippen LogP contribution in [-0.2, 0) is 14.1 Å². The number of carbonyl (C=O) groups is 1. The van der Waals surface area contributed by atoms with Crippen molar-refractivity contribution in [3.63, 3.8) is 0 Å². The van der Waals surface area contributed by atoms with Crippen molar-refractivity contribution in [2.75, 3.05) is 6.61 Å². The van der Waals surface area contributed by atoms with Crippen molar-refractivity contribution in [1.29, 1.82) is 0 Å². The molecular formula is C17H35O5P. The minimum absolute atomic E-state index is 0.177. The first kappa shape index (κ1) is 22.6. The van der Waals surface area contributed by atoms with E-state index < -0.39 is 18.7 Å². The van der Waals surface area contributed by atoms with Crippen LogP contribution in [0.25, 0.3) is 0 Å². The monoisotopic (exact) mass is 350 g/mol. The van der Waals surface area contributed by atoms with Crippen LogP contribution in [0.4, 0.5) is 0 Å². The van der Waals surface area contributed by atoms with Gasteiger partial charge in [-0.15, -0.1) is 0 Å². The summed E-state index contributed by atoms with van der Waals surface area (Å²) in [6.45, 7) is 6.14. The third-order valence-corrected chi connectivity index (χ3v) is 6.23. The number of hydrogen-bond donors (Lipinski definition) is 2. The maximum atomic E-state index is 12.2. The molecule has 0 saturated heterocycles. The molecule has 0 radical (unpaired) electrons. The summed E-state index contributed by atoms with van der Waals surface area (Å²) in [6, 6.07) is 0. The van der Waals surface area contributed by atoms with E-state index in [9.17, 15) is 19.1 Å². The van der Waals surface area contributed by atoms with Crippen LogP contribution >= 0.6 is 7.60 Å². The van der Waals surface area contributed by atoms with Gasteiger partial charge in [-0.05, 0) is 19.8 Å². The molecule has 5 nitrogen and oxygen atoms in total. The van der Waals surface area contributed by atoms with Crippen LogP contribution in [0.15, 0.2) is 0 Å². The summed E-state index contributed by atoms with van der Waals surface area (Å²) in [6.07, 6.45) is 8.20. The number of ether oxygens (including phenoxy) is 1. The van der Waals surface area contributed by atoms with Gasteiger partial charge in [-0.1, -0.05) is 65.2 Å². The van der Waals surface area contributed by atoms with Crippen LogP contribution in [-0.4, -0.2) is 27.5 Å². The van der Waals surface area contributed by atoms with E-state index in [1.54, 1.807) is 6.92 Å². The van der Waals surface area contributed by atoms with Gasteiger partial charge in [0.05, 0.1) is 18.2 Å². The Kier molecular flexibility index (Phi) is 11.9. The number of rotatable bonds is 14. The predicted molar refractivity (Wildman–Crippen MR) is 93.5 cm³/mol. The fourth-order valence-electron chi connectivity index (χ4n) is 2.94. The molecule has 0 aliphatic rings. The van der Waals surface area contributed by atoms with Crippen molar-refractivity contribution in [3.05, 3.63) is 0 Å². The largest absolute Gasteiger partial charge is 0.466 e. The Hall–Kier alpha value is -0.380. The maximum absolute atomic E-state index is 12.2. The smallest absolute Gasteiger partial charge is 0.332 e. The zero-order valence-electron chi connectivity index (χ0n) is 15.1. The Bertz CT molecular complexity index is 352. The van der Waals surface area contributed by atoms with Crippen molar-refractivity contribution in [1.82, 2.24) is 0 Å². The third kappa shape index (κ3) is 8.88. The molecular weight excluding hydrogens is 315 g/mol. The van der Waals surface area contributed by atoms with Gasteiger partial charge >= 0.3 is 13.6 Å². The van der Waals surface area contributed by atoms with Crippen molar-refractivity contribution in [2.24, 2.45) is 0 Å². The highest BCUT2D eigenvalue weighted by atomic mass is 31.2. The van der Waals surface area contributed by atoms with Crippen molar-refractivity contribution in [2.45, 2.75) is 96.6 Å². The van der Waals surface area contributed by atoms with E-state index in [-0.39, 0.29) is 13.0 Å². The van der Waals surface area contributed by atoms with Crippen LogP contribution in [0.3, 0.4) is 0 Å². The van der Waals surface area contributed by atoms with E-state index in [1.807, 2.05) is 0 Å². The highest BCUT2D eigenvalue weighted by Gasteiger charge is 2.47. The number of carbonyl (C=O) groups excluding carboxylic acids is 1. The SMILES string of the molecule is CCCCCCC(CCCCCC)(CC(=O)OCC)P(=O)(O)O. The van der Waals surface area contributed by atoms with Crippen LogP contribution in [0.1, 0.15) is 91.4 Å². The van der Waals surface area contributed by atoms with Gasteiger partial charge in [-0.2, -0.15) is 0 Å². The fraction of sp³-hybridized carbons (Fsp3) is 0.941. The van der Waals surface area contributed by atoms with E-state index in [2.05, 4.69) is 13.8 Å². The molecule has 0 aromatic carbocycles. The first-order valence-electron chi connectivity index (χ1n) is 9.04. The van der Waals surface area contributed by atoms with E-state index >= 15 is 0 Å². The molecule has 6 heteroatoms. The first-order chi connectivity index (χ1) is 10.8. The van der Waals surface area contributed by atoms with Gasteiger partial charge in [0, 0.05) is 0 Å². The number of unbranched alkanes of at least 4 members (excludes halogenated alkanes) is 6. The van der Waals surface area contributed by atoms with Crippen molar-refractivity contribution >= 4 is 13.6 Å². The van der Waals surface area contributed by atoms with Crippen LogP contribution in [0, 0.1) is 0 Å². The van der Waals surface area contributed by atoms with Gasteiger partial charge in [0.1, 0.15) is 0 Å². The van der Waals surface area contributed by atoms with Gasteiger partial charge in [0.2, 0.25) is 0 Å². The molecule has 0 aliphatic carbocycles. The van der Waals surface area contributed by atoms with Crippen LogP contribution in [0.2, 0.25) is 0 Å². The lowest BCUT2D eigenvalue weighted by atomic mass is 9.90. The standard InChI is InChI=1S/C17H35O5P/c1-4-7-9-11-13-17(23(19,20)21,14-12-10-8-5-2)15-16(18)22-6-3/h4-15H2,1-3H3,(H2,19,20,21). The highest BCUT2D eigenvalue weighted by Crippen LogP contribution is 2.58. The van der Waals surface area contributed by atoms with Gasteiger partial charge in [-0.3, -0.25) is 9.36 Å². The van der Waals surface area contributed by atoms with E-state index in [0.29, 0.717) is 12.8 Å². The Morgan fingerprint density at radius 1 is 0.913 bits per heavy atom. The second kappa shape index (κ2) is 12.0. The summed E-state index contributed by atoms with van der Waals surface area (Å²) in [5.74, 6) is -0.498. The van der Waals surface area contributed by atoms with E-state index in [0.717, 1.165) is 51.4 Å². The molecule has 2 N–H and O–H groups in total. The molecule has 0 aromatic rings. The molecule has 0 aromatic heterocycles. The molecule has 0 saturated carbocycles. The summed E-state index contributed by atoms with van der Waals surface area (Å²) in [5.41, 5.74) is 0. The fourth-order valence-corrected chi connectivity index (χ4v) is 4.17. The van der Waals surface area contributed by atoms with E-state index in [4.69, 9.17) is 4.74 Å². The predicted octanol–water partition coefficient (Wildman–Crippen LogP) is 4.80. The second-order valence-electron chi connectivity index (χ2n) is 6.37. The Balaban J connectivity index is 5.03. The van der Waals surface area contributed by atoms with E-state index in [1.165, 1.54) is 0 Å². The molecule has 0 atom stereocenters. The van der Waals surface area contributed by atoms with Crippen LogP contribution in [0.5, 0.6) is 0 Å². The summed E-state index contributed by atoms with van der Waals surface area (Å²) in [7, 11) is -4.38. The average molecular weight is 350 g/mol. The maximum Gasteiger partial charge on any atom is 0.332 e. The number of esters is 1. The quantitative estimate of drug-likeness (QED) is 0.267. The Morgan fingerprint density at radius 2 is 1.39 bits per heavy atom. The highest BCUT2D eigenvalue weighted by molar-refractivity contribution is 7.53. The summed E-state index contributed by atoms with van der Waals surface area (Å²) in [5, 5.41) is -1.25. The minimum atomic E-state index is -4.38. The van der Waals surface area contributed by atoms with Crippen molar-refractivity contribution < 1.29 is 23.9 Å². The Morgan fingerprint density at radius 3 is 1.74 bits per heavy atom. The number of hydrogen-bond acceptors (Lipinski definition) is 3. The molecule has 0 amide bonds. The van der Waals surface area contributed by atoms with Gasteiger partial charge < -0.3 is 14.5 Å². The molecule has 0 rings (SSSR count). The van der Waals surface area contributed by atoms with Gasteiger partial charge in [0.25, 0.3) is 0 Å². The average Bonchev–Trinajstić information content (AvgIpc) is 2.46. The van der Waals surface area contributed by atoms with Crippen molar-refractivity contribution in [3.8, 4) is 0 Å². The second-order valence-corrected chi connectivity index (χ2v) is 8.41. The van der Waals surface area contributed by atoms with Crippen LogP contribution < -0.4 is 0 Å². The molecule has 0 aliphatic heterocycles. The molecule has 23 heavy (non-hydrogen) atoms. The summed E-state index contributed by atoms with van der Waals surface area (Å²) in [4.78, 5) is 31.8. The zero-order valence-corrected chi connectivity index (χ0v) is 15.9. The molecule has 138 valence electrons. The lowest BCUT2D eigenvalue weighted by Gasteiger charge is -2.34. The zero-order chi connectivity index (χ0) is 17.8. The molecule has 0 heterocycles.